The first-order valence-electron chi connectivity index (χ1n) is 8.74. The molecule has 2 aromatic carbocycles. The van der Waals surface area contributed by atoms with E-state index in [9.17, 15) is 52.7 Å². The van der Waals surface area contributed by atoms with Crippen LogP contribution < -0.4 is 10.4 Å². The fourth-order valence-corrected chi connectivity index (χ4v) is 8.42. The van der Waals surface area contributed by atoms with Crippen molar-refractivity contribution >= 4 is 18.9 Å². The summed E-state index contributed by atoms with van der Waals surface area (Å²) < 4.78 is 176. The van der Waals surface area contributed by atoms with Gasteiger partial charge in [0.1, 0.15) is 0 Å². The summed E-state index contributed by atoms with van der Waals surface area (Å²) in [5.41, 5.74) is -13.8. The van der Waals surface area contributed by atoms with Crippen LogP contribution in [0.3, 0.4) is 0 Å². The van der Waals surface area contributed by atoms with Crippen LogP contribution in [-0.2, 0) is 20.1 Å². The van der Waals surface area contributed by atoms with Crippen LogP contribution in [0.2, 0.25) is 0 Å². The molecular formula is C18H8F12O2Si. The third-order valence-corrected chi connectivity index (χ3v) is 8.99. The molecule has 1 spiro atoms. The van der Waals surface area contributed by atoms with Gasteiger partial charge in [-0.05, 0) is 0 Å². The van der Waals surface area contributed by atoms with Crippen LogP contribution in [0, 0.1) is 0 Å². The third kappa shape index (κ3) is 2.72. The van der Waals surface area contributed by atoms with Crippen LogP contribution in [0.4, 0.5) is 52.7 Å². The van der Waals surface area contributed by atoms with E-state index >= 15 is 0 Å². The molecular weight excluding hydrogens is 504 g/mol. The molecule has 0 aliphatic carbocycles. The van der Waals surface area contributed by atoms with Crippen LogP contribution in [0.25, 0.3) is 0 Å². The molecule has 0 unspecified atom stereocenters. The molecule has 180 valence electrons. The van der Waals surface area contributed by atoms with E-state index in [0.717, 1.165) is 24.3 Å². The van der Waals surface area contributed by atoms with Crippen LogP contribution in [0.1, 0.15) is 11.1 Å². The van der Waals surface area contributed by atoms with Gasteiger partial charge >= 0.3 is 33.3 Å². The average molecular weight is 512 g/mol. The molecule has 2 nitrogen and oxygen atoms in total. The third-order valence-electron chi connectivity index (χ3n) is 5.51. The van der Waals surface area contributed by atoms with Crippen molar-refractivity contribution in [2.45, 2.75) is 35.9 Å². The zero-order valence-corrected chi connectivity index (χ0v) is 16.5. The molecule has 0 amide bonds. The summed E-state index contributed by atoms with van der Waals surface area (Å²) in [5.74, 6) is 0. The van der Waals surface area contributed by atoms with Crippen molar-refractivity contribution < 1.29 is 61.5 Å². The van der Waals surface area contributed by atoms with Gasteiger partial charge in [-0.3, -0.25) is 0 Å². The average Bonchev–Trinajstić information content (AvgIpc) is 3.14. The van der Waals surface area contributed by atoms with Gasteiger partial charge in [-0.15, -0.1) is 0 Å². The Morgan fingerprint density at radius 2 is 0.758 bits per heavy atom. The lowest BCUT2D eigenvalue weighted by molar-refractivity contribution is -0.381. The first-order valence-corrected chi connectivity index (χ1v) is 10.6. The summed E-state index contributed by atoms with van der Waals surface area (Å²) in [6.07, 6.45) is -25.2. The van der Waals surface area contributed by atoms with E-state index in [1.165, 1.54) is 0 Å². The van der Waals surface area contributed by atoms with Crippen molar-refractivity contribution in [3.05, 3.63) is 59.7 Å². The second-order valence-corrected chi connectivity index (χ2v) is 9.98. The molecule has 0 bridgehead atoms. The molecule has 0 atom stereocenters. The summed E-state index contributed by atoms with van der Waals surface area (Å²) in [6.45, 7) is 0. The van der Waals surface area contributed by atoms with Gasteiger partial charge in [-0.2, -0.15) is 52.7 Å². The van der Waals surface area contributed by atoms with Crippen molar-refractivity contribution in [3.63, 3.8) is 0 Å². The zero-order chi connectivity index (χ0) is 24.9. The number of halogens is 12. The first kappa shape index (κ1) is 23.9. The molecule has 33 heavy (non-hydrogen) atoms. The monoisotopic (exact) mass is 512 g/mol. The Morgan fingerprint density at radius 3 is 1.03 bits per heavy atom. The van der Waals surface area contributed by atoms with Gasteiger partial charge in [0.05, 0.1) is 0 Å². The van der Waals surface area contributed by atoms with Gasteiger partial charge in [0.25, 0.3) is 11.2 Å². The van der Waals surface area contributed by atoms with Gasteiger partial charge in [-0.25, -0.2) is 0 Å². The van der Waals surface area contributed by atoms with E-state index in [-0.39, 0.29) is 0 Å². The Hall–Kier alpha value is -2.26. The molecule has 0 fully saturated rings. The van der Waals surface area contributed by atoms with E-state index in [0.29, 0.717) is 24.3 Å². The number of hydrogen-bond donors (Lipinski definition) is 0. The molecule has 4 rings (SSSR count). The number of alkyl halides is 12. The quantitative estimate of drug-likeness (QED) is 0.368. The predicted molar refractivity (Wildman–Crippen MR) is 87.7 cm³/mol. The SMILES string of the molecule is FC(F)(F)C1(C(F)(F)F)O[Si]2(OC(C(F)(F)F)(C(F)(F)F)c3ccccc32)c2ccccc21. The standard InChI is InChI=1S/C18H8F12O2Si/c19-15(20,21)13(16(22,23)24)9-5-1-3-7-11(9)33(31-13)12-8-4-2-6-10(12)14(32-33,17(25,26)27)18(28,29)30/h1-8H. The Bertz CT molecular complexity index is 984. The van der Waals surface area contributed by atoms with E-state index in [1.807, 2.05) is 0 Å². The first-order chi connectivity index (χ1) is 14.9. The topological polar surface area (TPSA) is 18.5 Å². The van der Waals surface area contributed by atoms with Crippen molar-refractivity contribution in [2.75, 3.05) is 0 Å². The highest BCUT2D eigenvalue weighted by Crippen LogP contribution is 2.62. The fourth-order valence-electron chi connectivity index (χ4n) is 4.24. The van der Waals surface area contributed by atoms with E-state index in [4.69, 9.17) is 0 Å². The maximum absolute atomic E-state index is 13.9. The molecule has 0 saturated heterocycles. The molecule has 15 heteroatoms. The van der Waals surface area contributed by atoms with Gasteiger partial charge in [0.2, 0.25) is 0 Å². The van der Waals surface area contributed by atoms with E-state index < -0.39 is 66.0 Å². The van der Waals surface area contributed by atoms with E-state index in [1.54, 1.807) is 0 Å². The Morgan fingerprint density at radius 1 is 0.485 bits per heavy atom. The highest BCUT2D eigenvalue weighted by molar-refractivity contribution is 6.94. The summed E-state index contributed by atoms with van der Waals surface area (Å²) >= 11 is 0. The second kappa shape index (κ2) is 6.44. The van der Waals surface area contributed by atoms with Gasteiger partial charge in [0, 0.05) is 21.5 Å². The maximum Gasteiger partial charge on any atom is 0.429 e. The molecule has 2 aliphatic heterocycles. The Balaban J connectivity index is 2.15. The minimum atomic E-state index is -6.31. The van der Waals surface area contributed by atoms with Crippen LogP contribution in [-0.4, -0.2) is 33.3 Å². The zero-order valence-electron chi connectivity index (χ0n) is 15.5. The van der Waals surface area contributed by atoms with Crippen LogP contribution in [0.5, 0.6) is 0 Å². The largest absolute Gasteiger partial charge is 0.429 e. The summed E-state index contributed by atoms with van der Waals surface area (Å²) in [6, 6.07) is 4.89. The lowest BCUT2D eigenvalue weighted by atomic mass is 9.92. The lowest BCUT2D eigenvalue weighted by Gasteiger charge is -2.38. The van der Waals surface area contributed by atoms with Crippen molar-refractivity contribution in [3.8, 4) is 0 Å². The summed E-state index contributed by atoms with van der Waals surface area (Å²) in [4.78, 5) is 0. The van der Waals surface area contributed by atoms with Gasteiger partial charge < -0.3 is 8.85 Å². The molecule has 0 N–H and O–H groups in total. The van der Waals surface area contributed by atoms with Gasteiger partial charge in [-0.1, -0.05) is 48.5 Å². The number of benzene rings is 2. The summed E-state index contributed by atoms with van der Waals surface area (Å²) in [7, 11) is -5.90. The number of hydrogen-bond acceptors (Lipinski definition) is 2. The predicted octanol–water partition coefficient (Wildman–Crippen LogP) is 4.94. The highest BCUT2D eigenvalue weighted by Gasteiger charge is 2.86. The van der Waals surface area contributed by atoms with Gasteiger partial charge in [0.15, 0.2) is 0 Å². The number of rotatable bonds is 0. The maximum atomic E-state index is 13.9. The van der Waals surface area contributed by atoms with Crippen LogP contribution in [0.15, 0.2) is 48.5 Å². The molecule has 0 saturated carbocycles. The minimum Gasteiger partial charge on any atom is -0.362 e. The molecule has 0 aromatic heterocycles. The summed E-state index contributed by atoms with van der Waals surface area (Å²) in [5, 5.41) is -2.30. The van der Waals surface area contributed by atoms with Crippen molar-refractivity contribution in [2.24, 2.45) is 0 Å². The fraction of sp³-hybridized carbons (Fsp3) is 0.333. The highest BCUT2D eigenvalue weighted by atomic mass is 28.4. The van der Waals surface area contributed by atoms with Crippen molar-refractivity contribution in [1.82, 2.24) is 0 Å². The molecule has 2 aromatic rings. The molecule has 2 aliphatic rings. The molecule has 0 radical (unpaired) electrons. The lowest BCUT2D eigenvalue weighted by Crippen LogP contribution is -2.64. The molecule has 2 heterocycles. The van der Waals surface area contributed by atoms with Crippen LogP contribution >= 0.6 is 0 Å². The Kier molecular flexibility index (Phi) is 4.66. The van der Waals surface area contributed by atoms with Crippen molar-refractivity contribution in [1.29, 1.82) is 0 Å². The Labute approximate surface area is 177 Å². The smallest absolute Gasteiger partial charge is 0.362 e. The second-order valence-electron chi connectivity index (χ2n) is 7.27. The van der Waals surface area contributed by atoms with E-state index in [2.05, 4.69) is 8.85 Å². The minimum absolute atomic E-state index is 0.297. The number of fused-ring (bicyclic) bond motifs is 4. The normalized spacial score (nSPS) is 21.2.